The molecular weight excluding hydrogens is 242 g/mol. The first-order valence-electron chi connectivity index (χ1n) is 7.35. The summed E-state index contributed by atoms with van der Waals surface area (Å²) in [7, 11) is 0. The summed E-state index contributed by atoms with van der Waals surface area (Å²) in [6.07, 6.45) is 6.03. The van der Waals surface area contributed by atoms with E-state index in [1.807, 2.05) is 13.8 Å². The molecule has 0 aliphatic heterocycles. The van der Waals surface area contributed by atoms with Crippen molar-refractivity contribution in [1.82, 2.24) is 5.32 Å². The predicted octanol–water partition coefficient (Wildman–Crippen LogP) is 2.63. The largest absolute Gasteiger partial charge is 0.409 e. The van der Waals surface area contributed by atoms with Crippen LogP contribution >= 0.6 is 0 Å². The van der Waals surface area contributed by atoms with Crippen molar-refractivity contribution in [2.45, 2.75) is 65.7 Å². The molecule has 112 valence electrons. The molecule has 5 nitrogen and oxygen atoms in total. The van der Waals surface area contributed by atoms with Crippen LogP contribution in [-0.2, 0) is 4.79 Å². The van der Waals surface area contributed by atoms with Crippen LogP contribution in [0.4, 0.5) is 0 Å². The van der Waals surface area contributed by atoms with Gasteiger partial charge in [0.15, 0.2) is 5.84 Å². The van der Waals surface area contributed by atoms with Crippen LogP contribution < -0.4 is 11.1 Å². The quantitative estimate of drug-likeness (QED) is 0.188. The number of unbranched alkanes of at least 4 members (excludes halogenated alkanes) is 2. The topological polar surface area (TPSA) is 87.7 Å². The van der Waals surface area contributed by atoms with Crippen molar-refractivity contribution in [1.29, 1.82) is 0 Å². The van der Waals surface area contributed by atoms with Crippen LogP contribution in [0.5, 0.6) is 0 Å². The lowest BCUT2D eigenvalue weighted by Crippen LogP contribution is -2.50. The summed E-state index contributed by atoms with van der Waals surface area (Å²) in [5.41, 5.74) is 4.94. The van der Waals surface area contributed by atoms with E-state index in [2.05, 4.69) is 17.4 Å². The minimum atomic E-state index is -0.857. The van der Waals surface area contributed by atoms with E-state index in [-0.39, 0.29) is 11.7 Å². The van der Waals surface area contributed by atoms with Crippen LogP contribution in [0.25, 0.3) is 0 Å². The lowest BCUT2D eigenvalue weighted by atomic mass is 9.77. The van der Waals surface area contributed by atoms with Gasteiger partial charge in [0, 0.05) is 6.54 Å². The number of carbonyl (C=O) groups excluding carboxylic acids is 1. The highest BCUT2D eigenvalue weighted by molar-refractivity contribution is 6.06. The number of amides is 1. The number of hydrogen-bond donors (Lipinski definition) is 3. The molecule has 5 heteroatoms. The molecule has 0 aliphatic carbocycles. The zero-order valence-electron chi connectivity index (χ0n) is 12.5. The zero-order valence-corrected chi connectivity index (χ0v) is 12.5. The maximum atomic E-state index is 12.4. The van der Waals surface area contributed by atoms with Crippen molar-refractivity contribution in [3.8, 4) is 0 Å². The maximum Gasteiger partial charge on any atom is 0.233 e. The summed E-state index contributed by atoms with van der Waals surface area (Å²) >= 11 is 0. The Labute approximate surface area is 116 Å². The van der Waals surface area contributed by atoms with E-state index in [9.17, 15) is 4.79 Å². The van der Waals surface area contributed by atoms with Crippen molar-refractivity contribution in [2.24, 2.45) is 16.3 Å². The second-order valence-electron chi connectivity index (χ2n) is 5.03. The van der Waals surface area contributed by atoms with Gasteiger partial charge in [-0.05, 0) is 19.3 Å². The number of nitrogens with zero attached hydrogens (tertiary/aromatic N) is 1. The number of nitrogens with one attached hydrogen (secondary N) is 1. The van der Waals surface area contributed by atoms with Gasteiger partial charge >= 0.3 is 0 Å². The van der Waals surface area contributed by atoms with E-state index in [1.54, 1.807) is 0 Å². The van der Waals surface area contributed by atoms with Gasteiger partial charge in [-0.3, -0.25) is 4.79 Å². The summed E-state index contributed by atoms with van der Waals surface area (Å²) in [4.78, 5) is 12.4. The number of rotatable bonds is 10. The Hall–Kier alpha value is -1.26. The smallest absolute Gasteiger partial charge is 0.233 e. The van der Waals surface area contributed by atoms with Gasteiger partial charge in [-0.2, -0.15) is 0 Å². The zero-order chi connectivity index (χ0) is 14.7. The Morgan fingerprint density at radius 2 is 1.74 bits per heavy atom. The molecule has 0 spiro atoms. The van der Waals surface area contributed by atoms with E-state index in [0.717, 1.165) is 32.1 Å². The van der Waals surface area contributed by atoms with Gasteiger partial charge in [0.25, 0.3) is 0 Å². The third kappa shape index (κ3) is 5.09. The second kappa shape index (κ2) is 9.64. The molecule has 0 unspecified atom stereocenters. The van der Waals surface area contributed by atoms with E-state index in [1.165, 1.54) is 0 Å². The van der Waals surface area contributed by atoms with Crippen molar-refractivity contribution in [3.63, 3.8) is 0 Å². The molecule has 0 aromatic heterocycles. The van der Waals surface area contributed by atoms with Crippen LogP contribution in [0.3, 0.4) is 0 Å². The second-order valence-corrected chi connectivity index (χ2v) is 5.03. The van der Waals surface area contributed by atoms with Gasteiger partial charge in [0.05, 0.1) is 0 Å². The van der Waals surface area contributed by atoms with Crippen molar-refractivity contribution < 1.29 is 10.0 Å². The molecule has 0 fully saturated rings. The lowest BCUT2D eigenvalue weighted by Gasteiger charge is -2.30. The number of amidine groups is 1. The number of carbonyl (C=O) groups is 1. The first kappa shape index (κ1) is 17.7. The fourth-order valence-corrected chi connectivity index (χ4v) is 2.42. The van der Waals surface area contributed by atoms with E-state index in [0.29, 0.717) is 19.4 Å². The molecule has 1 amide bonds. The molecule has 0 bridgehead atoms. The monoisotopic (exact) mass is 271 g/mol. The van der Waals surface area contributed by atoms with E-state index >= 15 is 0 Å². The standard InChI is InChI=1S/C14H29N3O2/c1-4-7-8-11-16-13(18)14(9-5-2,10-6-3)12(15)17-19/h19H,4-11H2,1-3H3,(H2,15,17)(H,16,18). The van der Waals surface area contributed by atoms with Gasteiger partial charge in [0.1, 0.15) is 5.41 Å². The number of nitrogens with two attached hydrogens (primary N) is 1. The molecule has 0 saturated heterocycles. The predicted molar refractivity (Wildman–Crippen MR) is 78.2 cm³/mol. The first-order valence-corrected chi connectivity index (χ1v) is 7.35. The van der Waals surface area contributed by atoms with Gasteiger partial charge in [0.2, 0.25) is 5.91 Å². The normalized spacial score (nSPS) is 12.5. The molecule has 0 aromatic rings. The SMILES string of the molecule is CCCCCNC(=O)C(CCC)(CCC)C(N)=NO. The van der Waals surface area contributed by atoms with Crippen LogP contribution in [0, 0.1) is 5.41 Å². The molecule has 19 heavy (non-hydrogen) atoms. The minimum absolute atomic E-state index is 0.0317. The van der Waals surface area contributed by atoms with Gasteiger partial charge in [-0.25, -0.2) is 0 Å². The van der Waals surface area contributed by atoms with Crippen LogP contribution in [0.1, 0.15) is 65.7 Å². The Balaban J connectivity index is 4.83. The number of oxime groups is 1. The molecule has 0 aromatic carbocycles. The summed E-state index contributed by atoms with van der Waals surface area (Å²) in [5.74, 6) is -0.0770. The van der Waals surface area contributed by atoms with Crippen molar-refractivity contribution in [2.75, 3.05) is 6.54 Å². The molecule has 0 saturated carbocycles. The van der Waals surface area contributed by atoms with Crippen molar-refractivity contribution in [3.05, 3.63) is 0 Å². The Bertz CT molecular complexity index is 284. The average Bonchev–Trinajstić information content (AvgIpc) is 2.42. The van der Waals surface area contributed by atoms with Gasteiger partial charge < -0.3 is 16.3 Å². The molecule has 0 rings (SSSR count). The molecular formula is C14H29N3O2. The first-order chi connectivity index (χ1) is 9.08. The van der Waals surface area contributed by atoms with Crippen LogP contribution in [0.2, 0.25) is 0 Å². The number of hydrogen-bond acceptors (Lipinski definition) is 3. The fourth-order valence-electron chi connectivity index (χ4n) is 2.42. The van der Waals surface area contributed by atoms with Crippen molar-refractivity contribution >= 4 is 11.7 Å². The van der Waals surface area contributed by atoms with Gasteiger partial charge in [-0.15, -0.1) is 0 Å². The Morgan fingerprint density at radius 3 is 2.16 bits per heavy atom. The van der Waals surface area contributed by atoms with Crippen LogP contribution in [0.15, 0.2) is 5.16 Å². The highest BCUT2D eigenvalue weighted by atomic mass is 16.4. The molecule has 0 aliphatic rings. The third-order valence-corrected chi connectivity index (χ3v) is 3.45. The van der Waals surface area contributed by atoms with Gasteiger partial charge in [-0.1, -0.05) is 51.6 Å². The van der Waals surface area contributed by atoms with Crippen LogP contribution in [-0.4, -0.2) is 23.5 Å². The molecule has 0 radical (unpaired) electrons. The summed E-state index contributed by atoms with van der Waals surface area (Å²) in [5, 5.41) is 15.0. The molecule has 0 atom stereocenters. The third-order valence-electron chi connectivity index (χ3n) is 3.45. The Morgan fingerprint density at radius 1 is 1.16 bits per heavy atom. The highest BCUT2D eigenvalue weighted by Gasteiger charge is 2.41. The molecule has 4 N–H and O–H groups in total. The maximum absolute atomic E-state index is 12.4. The summed E-state index contributed by atoms with van der Waals surface area (Å²) < 4.78 is 0. The summed E-state index contributed by atoms with van der Waals surface area (Å²) in [6.45, 7) is 6.77. The van der Waals surface area contributed by atoms with E-state index in [4.69, 9.17) is 10.9 Å². The van der Waals surface area contributed by atoms with E-state index < -0.39 is 5.41 Å². The fraction of sp³-hybridized carbons (Fsp3) is 0.857. The minimum Gasteiger partial charge on any atom is -0.409 e. The Kier molecular flexibility index (Phi) is 9.00. The lowest BCUT2D eigenvalue weighted by molar-refractivity contribution is -0.128. The summed E-state index contributed by atoms with van der Waals surface area (Å²) in [6, 6.07) is 0. The highest BCUT2D eigenvalue weighted by Crippen LogP contribution is 2.30. The average molecular weight is 271 g/mol. The molecule has 0 heterocycles.